The summed E-state index contributed by atoms with van der Waals surface area (Å²) < 4.78 is 19.2. The Morgan fingerprint density at radius 2 is 2.28 bits per heavy atom. The van der Waals surface area contributed by atoms with Crippen LogP contribution in [0.1, 0.15) is 26.7 Å². The van der Waals surface area contributed by atoms with Gasteiger partial charge in [0.25, 0.3) is 0 Å². The average molecular weight is 272 g/mol. The third-order valence-corrected chi connectivity index (χ3v) is 4.57. The topological polar surface area (TPSA) is 21.3 Å². The number of rotatable bonds is 4. The first-order valence-electron chi connectivity index (χ1n) is 6.30. The first kappa shape index (κ1) is 13.6. The molecule has 3 atom stereocenters. The second kappa shape index (κ2) is 5.06. The van der Waals surface area contributed by atoms with E-state index >= 15 is 0 Å². The lowest BCUT2D eigenvalue weighted by Gasteiger charge is -2.53. The molecule has 3 unspecified atom stereocenters. The standard InChI is InChI=1S/C14H19ClFNO/c1-4-14(2)12(17-3)8-13(14)18-9-5-6-10(15)11(16)7-9/h5-7,12-13,17H,4,8H2,1-3H3. The van der Waals surface area contributed by atoms with Gasteiger partial charge >= 0.3 is 0 Å². The van der Waals surface area contributed by atoms with Crippen molar-refractivity contribution >= 4 is 11.6 Å². The first-order valence-corrected chi connectivity index (χ1v) is 6.68. The van der Waals surface area contributed by atoms with Gasteiger partial charge < -0.3 is 10.1 Å². The van der Waals surface area contributed by atoms with Gasteiger partial charge in [0.05, 0.1) is 5.02 Å². The molecule has 0 aromatic heterocycles. The highest BCUT2D eigenvalue weighted by Crippen LogP contribution is 2.46. The van der Waals surface area contributed by atoms with E-state index in [1.165, 1.54) is 12.1 Å². The summed E-state index contributed by atoms with van der Waals surface area (Å²) in [6.07, 6.45) is 2.10. The fraction of sp³-hybridized carbons (Fsp3) is 0.571. The van der Waals surface area contributed by atoms with Crippen molar-refractivity contribution in [2.24, 2.45) is 5.41 Å². The van der Waals surface area contributed by atoms with Gasteiger partial charge in [0, 0.05) is 23.9 Å². The highest BCUT2D eigenvalue weighted by molar-refractivity contribution is 6.30. The summed E-state index contributed by atoms with van der Waals surface area (Å²) >= 11 is 5.65. The van der Waals surface area contributed by atoms with Crippen LogP contribution in [-0.4, -0.2) is 19.2 Å². The number of ether oxygens (including phenoxy) is 1. The third-order valence-electron chi connectivity index (χ3n) is 4.26. The maximum absolute atomic E-state index is 13.3. The first-order chi connectivity index (χ1) is 8.51. The Morgan fingerprint density at radius 3 is 2.83 bits per heavy atom. The van der Waals surface area contributed by atoms with E-state index in [1.807, 2.05) is 7.05 Å². The van der Waals surface area contributed by atoms with Crippen LogP contribution in [0.4, 0.5) is 4.39 Å². The number of nitrogens with one attached hydrogen (secondary N) is 1. The van der Waals surface area contributed by atoms with Crippen molar-refractivity contribution in [2.75, 3.05) is 7.05 Å². The van der Waals surface area contributed by atoms with Gasteiger partial charge in [0.2, 0.25) is 0 Å². The predicted molar refractivity (Wildman–Crippen MR) is 71.7 cm³/mol. The molecular weight excluding hydrogens is 253 g/mol. The molecule has 0 radical (unpaired) electrons. The maximum atomic E-state index is 13.3. The van der Waals surface area contributed by atoms with Crippen LogP contribution in [0.5, 0.6) is 5.75 Å². The number of hydrogen-bond acceptors (Lipinski definition) is 2. The molecule has 2 rings (SSSR count). The molecule has 1 aromatic carbocycles. The largest absolute Gasteiger partial charge is 0.490 e. The quantitative estimate of drug-likeness (QED) is 0.903. The summed E-state index contributed by atoms with van der Waals surface area (Å²) in [5, 5.41) is 3.43. The van der Waals surface area contributed by atoms with E-state index in [4.69, 9.17) is 16.3 Å². The minimum Gasteiger partial charge on any atom is -0.490 e. The van der Waals surface area contributed by atoms with Crippen molar-refractivity contribution in [3.63, 3.8) is 0 Å². The molecule has 1 fully saturated rings. The molecule has 0 heterocycles. The molecule has 2 nitrogen and oxygen atoms in total. The lowest BCUT2D eigenvalue weighted by molar-refractivity contribution is -0.0678. The van der Waals surface area contributed by atoms with Gasteiger partial charge in [-0.05, 0) is 25.6 Å². The summed E-state index contributed by atoms with van der Waals surface area (Å²) in [7, 11) is 1.97. The van der Waals surface area contributed by atoms with Crippen LogP contribution in [0.3, 0.4) is 0 Å². The smallest absolute Gasteiger partial charge is 0.145 e. The molecule has 1 aromatic rings. The zero-order chi connectivity index (χ0) is 13.3. The van der Waals surface area contributed by atoms with E-state index in [0.29, 0.717) is 11.8 Å². The molecular formula is C14H19ClFNO. The van der Waals surface area contributed by atoms with Crippen molar-refractivity contribution in [3.8, 4) is 5.75 Å². The fourth-order valence-electron chi connectivity index (χ4n) is 2.64. The van der Waals surface area contributed by atoms with Gasteiger partial charge in [-0.1, -0.05) is 25.4 Å². The fourth-order valence-corrected chi connectivity index (χ4v) is 2.75. The van der Waals surface area contributed by atoms with Gasteiger partial charge in [0.1, 0.15) is 17.7 Å². The summed E-state index contributed by atoms with van der Waals surface area (Å²) in [4.78, 5) is 0. The van der Waals surface area contributed by atoms with E-state index in [1.54, 1.807) is 6.07 Å². The molecule has 1 aliphatic rings. The average Bonchev–Trinajstić information content (AvgIpc) is 2.37. The van der Waals surface area contributed by atoms with Crippen molar-refractivity contribution in [1.82, 2.24) is 5.32 Å². The SMILES string of the molecule is CCC1(C)C(NC)CC1Oc1ccc(Cl)c(F)c1. The summed E-state index contributed by atoms with van der Waals surface area (Å²) in [5.74, 6) is 0.119. The Kier molecular flexibility index (Phi) is 3.83. The van der Waals surface area contributed by atoms with Crippen LogP contribution >= 0.6 is 11.6 Å². The van der Waals surface area contributed by atoms with Crippen LogP contribution in [0.2, 0.25) is 5.02 Å². The second-order valence-corrected chi connectivity index (χ2v) is 5.53. The van der Waals surface area contributed by atoms with E-state index < -0.39 is 5.82 Å². The van der Waals surface area contributed by atoms with Crippen LogP contribution < -0.4 is 10.1 Å². The van der Waals surface area contributed by atoms with Crippen molar-refractivity contribution in [3.05, 3.63) is 29.0 Å². The summed E-state index contributed by atoms with van der Waals surface area (Å²) in [6.45, 7) is 4.36. The maximum Gasteiger partial charge on any atom is 0.145 e. The van der Waals surface area contributed by atoms with Gasteiger partial charge in [-0.3, -0.25) is 0 Å². The molecule has 1 N–H and O–H groups in total. The Balaban J connectivity index is 2.08. The second-order valence-electron chi connectivity index (χ2n) is 5.12. The van der Waals surface area contributed by atoms with Gasteiger partial charge in [-0.25, -0.2) is 4.39 Å². The van der Waals surface area contributed by atoms with Gasteiger partial charge in [-0.15, -0.1) is 0 Å². The summed E-state index contributed by atoms with van der Waals surface area (Å²) in [5.41, 5.74) is 0.102. The molecule has 0 spiro atoms. The minimum absolute atomic E-state index is 0.102. The van der Waals surface area contributed by atoms with Gasteiger partial charge in [0.15, 0.2) is 0 Å². The van der Waals surface area contributed by atoms with Gasteiger partial charge in [-0.2, -0.15) is 0 Å². The normalized spacial score (nSPS) is 30.9. The molecule has 4 heteroatoms. The Bertz CT molecular complexity index is 440. The third kappa shape index (κ3) is 2.21. The number of benzene rings is 1. The van der Waals surface area contributed by atoms with Crippen LogP contribution in [0.15, 0.2) is 18.2 Å². The number of halogens is 2. The predicted octanol–water partition coefficient (Wildman–Crippen LogP) is 3.63. The van der Waals surface area contributed by atoms with Crippen molar-refractivity contribution < 1.29 is 9.13 Å². The van der Waals surface area contributed by atoms with Crippen LogP contribution in [-0.2, 0) is 0 Å². The molecule has 0 saturated heterocycles. The van der Waals surface area contributed by atoms with Crippen molar-refractivity contribution in [2.45, 2.75) is 38.8 Å². The monoisotopic (exact) mass is 271 g/mol. The zero-order valence-corrected chi connectivity index (χ0v) is 11.7. The highest BCUT2D eigenvalue weighted by Gasteiger charge is 2.51. The Hall–Kier alpha value is -0.800. The molecule has 1 aliphatic carbocycles. The molecule has 1 saturated carbocycles. The molecule has 0 bridgehead atoms. The lowest BCUT2D eigenvalue weighted by Crippen LogP contribution is -2.62. The molecule has 0 amide bonds. The highest BCUT2D eigenvalue weighted by atomic mass is 35.5. The Labute approximate surface area is 112 Å². The zero-order valence-electron chi connectivity index (χ0n) is 11.0. The molecule has 100 valence electrons. The molecule has 18 heavy (non-hydrogen) atoms. The van der Waals surface area contributed by atoms with Crippen molar-refractivity contribution in [1.29, 1.82) is 0 Å². The molecule has 0 aliphatic heterocycles. The lowest BCUT2D eigenvalue weighted by atomic mass is 9.61. The van der Waals surface area contributed by atoms with E-state index in [2.05, 4.69) is 19.2 Å². The Morgan fingerprint density at radius 1 is 1.56 bits per heavy atom. The van der Waals surface area contributed by atoms with E-state index in [-0.39, 0.29) is 16.5 Å². The number of hydrogen-bond donors (Lipinski definition) is 1. The van der Waals surface area contributed by atoms with E-state index in [0.717, 1.165) is 12.8 Å². The minimum atomic E-state index is -0.433. The van der Waals surface area contributed by atoms with E-state index in [9.17, 15) is 4.39 Å². The summed E-state index contributed by atoms with van der Waals surface area (Å²) in [6, 6.07) is 5.06. The van der Waals surface area contributed by atoms with Crippen LogP contribution in [0, 0.1) is 11.2 Å². The van der Waals surface area contributed by atoms with Crippen LogP contribution in [0.25, 0.3) is 0 Å².